The Morgan fingerprint density at radius 1 is 1.07 bits per heavy atom. The van der Waals surface area contributed by atoms with Gasteiger partial charge in [-0.2, -0.15) is 13.2 Å². The van der Waals surface area contributed by atoms with Gasteiger partial charge in [0, 0.05) is 19.1 Å². The maximum atomic E-state index is 12.7. The van der Waals surface area contributed by atoms with E-state index in [4.69, 9.17) is 0 Å². The highest BCUT2D eigenvalue weighted by Gasteiger charge is 2.35. The van der Waals surface area contributed by atoms with Gasteiger partial charge in [-0.25, -0.2) is 0 Å². The number of nitrogens with zero attached hydrogens (tertiary/aromatic N) is 2. The fourth-order valence-electron chi connectivity index (χ4n) is 4.34. The average molecular weight is 405 g/mol. The number of alkyl halides is 3. The Morgan fingerprint density at radius 2 is 1.67 bits per heavy atom. The predicted octanol–water partition coefficient (Wildman–Crippen LogP) is 4.54. The number of likely N-dealkylation sites (tertiary alicyclic amines) is 1. The van der Waals surface area contributed by atoms with Crippen LogP contribution in [-0.4, -0.2) is 47.9 Å². The van der Waals surface area contributed by atoms with Crippen LogP contribution in [-0.2, 0) is 17.4 Å². The Hall–Kier alpha value is -1.27. The van der Waals surface area contributed by atoms with Crippen LogP contribution in [0.1, 0.15) is 49.7 Å². The normalized spacial score (nSPS) is 23.7. The topological polar surface area (TPSA) is 23.6 Å². The van der Waals surface area contributed by atoms with Crippen LogP contribution in [0, 0.1) is 0 Å². The highest BCUT2D eigenvalue weighted by Crippen LogP contribution is 2.30. The van der Waals surface area contributed by atoms with E-state index in [1.54, 1.807) is 0 Å². The van der Waals surface area contributed by atoms with Crippen LogP contribution in [0.2, 0.25) is 0 Å². The third-order valence-corrected chi connectivity index (χ3v) is 5.83. The number of rotatable bonds is 4. The van der Waals surface area contributed by atoms with E-state index in [9.17, 15) is 18.0 Å². The van der Waals surface area contributed by atoms with Crippen LogP contribution < -0.4 is 0 Å². The molecule has 1 aromatic rings. The molecule has 2 aliphatic rings. The summed E-state index contributed by atoms with van der Waals surface area (Å²) in [6.07, 6.45) is 2.74. The van der Waals surface area contributed by atoms with E-state index >= 15 is 0 Å². The predicted molar refractivity (Wildman–Crippen MR) is 102 cm³/mol. The molecule has 1 aliphatic carbocycles. The lowest BCUT2D eigenvalue weighted by Gasteiger charge is -2.42. The first-order valence-electron chi connectivity index (χ1n) is 9.52. The summed E-state index contributed by atoms with van der Waals surface area (Å²) < 4.78 is 38.0. The van der Waals surface area contributed by atoms with Gasteiger partial charge in [-0.3, -0.25) is 9.69 Å². The molecule has 1 saturated heterocycles. The summed E-state index contributed by atoms with van der Waals surface area (Å²) in [5.41, 5.74) is -0.0492. The molecule has 0 N–H and O–H groups in total. The molecule has 1 aliphatic heterocycles. The fraction of sp³-hybridized carbons (Fsp3) is 0.650. The molecular formula is C20H28ClF3N2O. The number of carbonyl (C=O) groups excluding carboxylic acids is 1. The van der Waals surface area contributed by atoms with Crippen LogP contribution in [0.3, 0.4) is 0 Å². The third kappa shape index (κ3) is 5.38. The van der Waals surface area contributed by atoms with Crippen LogP contribution >= 0.6 is 12.4 Å². The minimum absolute atomic E-state index is 0. The number of likely N-dealkylation sites (N-methyl/N-ethyl adjacent to an activating group) is 1. The smallest absolute Gasteiger partial charge is 0.341 e. The molecule has 0 radical (unpaired) electrons. The number of hydrogen-bond acceptors (Lipinski definition) is 2. The quantitative estimate of drug-likeness (QED) is 0.735. The molecule has 2 atom stereocenters. The first-order chi connectivity index (χ1) is 12.4. The van der Waals surface area contributed by atoms with Crippen molar-refractivity contribution >= 4 is 18.3 Å². The molecule has 0 bridgehead atoms. The second-order valence-electron chi connectivity index (χ2n) is 7.54. The second kappa shape index (κ2) is 9.28. The summed E-state index contributed by atoms with van der Waals surface area (Å²) in [5.74, 6) is -0.0131. The summed E-state index contributed by atoms with van der Waals surface area (Å²) in [7, 11) is 1.85. The van der Waals surface area contributed by atoms with Gasteiger partial charge in [0.15, 0.2) is 0 Å². The lowest BCUT2D eigenvalue weighted by atomic mass is 9.88. The van der Waals surface area contributed by atoms with Gasteiger partial charge in [-0.05, 0) is 56.5 Å². The highest BCUT2D eigenvalue weighted by atomic mass is 35.5. The average Bonchev–Trinajstić information content (AvgIpc) is 3.15. The molecule has 7 heteroatoms. The number of halogens is 4. The monoisotopic (exact) mass is 404 g/mol. The number of benzene rings is 1. The van der Waals surface area contributed by atoms with Gasteiger partial charge >= 0.3 is 6.18 Å². The van der Waals surface area contributed by atoms with Gasteiger partial charge < -0.3 is 4.90 Å². The van der Waals surface area contributed by atoms with Gasteiger partial charge in [-0.15, -0.1) is 12.4 Å². The zero-order chi connectivity index (χ0) is 18.7. The maximum Gasteiger partial charge on any atom is 0.416 e. The highest BCUT2D eigenvalue weighted by molar-refractivity contribution is 5.85. The molecule has 1 amide bonds. The lowest BCUT2D eigenvalue weighted by Crippen LogP contribution is -2.53. The zero-order valence-corrected chi connectivity index (χ0v) is 16.5. The second-order valence-corrected chi connectivity index (χ2v) is 7.54. The van der Waals surface area contributed by atoms with E-state index in [-0.39, 0.29) is 30.8 Å². The van der Waals surface area contributed by atoms with Crippen molar-refractivity contribution < 1.29 is 18.0 Å². The van der Waals surface area contributed by atoms with E-state index in [1.165, 1.54) is 31.4 Å². The molecule has 1 saturated carbocycles. The lowest BCUT2D eigenvalue weighted by molar-refractivity contribution is -0.137. The largest absolute Gasteiger partial charge is 0.416 e. The molecule has 0 spiro atoms. The van der Waals surface area contributed by atoms with E-state index in [0.29, 0.717) is 11.6 Å². The Balaban J connectivity index is 0.00000261. The summed E-state index contributed by atoms with van der Waals surface area (Å²) in [6, 6.07) is 5.56. The number of amides is 1. The minimum atomic E-state index is -4.34. The Kier molecular flexibility index (Phi) is 7.57. The van der Waals surface area contributed by atoms with Crippen molar-refractivity contribution in [3.8, 4) is 0 Å². The standard InChI is InChI=1S/C20H27F3N2O.ClH/c1-24(17-6-2-3-7-18(17)25-12-4-5-13-25)19(26)14-15-8-10-16(11-9-15)20(21,22)23;/h8-11,17-18H,2-7,12-14H2,1H3;1H/t17-,18-;/m1./s1. The number of hydrogen-bond donors (Lipinski definition) is 0. The van der Waals surface area contributed by atoms with Gasteiger partial charge in [0.25, 0.3) is 0 Å². The minimum Gasteiger partial charge on any atom is -0.341 e. The Bertz CT molecular complexity index is 615. The van der Waals surface area contributed by atoms with Crippen molar-refractivity contribution in [2.75, 3.05) is 20.1 Å². The van der Waals surface area contributed by atoms with Crippen LogP contribution in [0.5, 0.6) is 0 Å². The van der Waals surface area contributed by atoms with Gasteiger partial charge in [0.1, 0.15) is 0 Å². The van der Waals surface area contributed by atoms with Gasteiger partial charge in [-0.1, -0.05) is 25.0 Å². The molecule has 0 aromatic heterocycles. The van der Waals surface area contributed by atoms with Crippen molar-refractivity contribution in [2.24, 2.45) is 0 Å². The molecule has 3 rings (SSSR count). The molecular weight excluding hydrogens is 377 g/mol. The van der Waals surface area contributed by atoms with Crippen molar-refractivity contribution in [3.63, 3.8) is 0 Å². The van der Waals surface area contributed by atoms with Crippen molar-refractivity contribution in [2.45, 2.75) is 63.2 Å². The van der Waals surface area contributed by atoms with E-state index in [0.717, 1.165) is 44.5 Å². The third-order valence-electron chi connectivity index (χ3n) is 5.83. The van der Waals surface area contributed by atoms with E-state index in [2.05, 4.69) is 4.90 Å². The molecule has 3 nitrogen and oxygen atoms in total. The van der Waals surface area contributed by atoms with Crippen LogP contribution in [0.25, 0.3) is 0 Å². The zero-order valence-electron chi connectivity index (χ0n) is 15.7. The van der Waals surface area contributed by atoms with Gasteiger partial charge in [0.05, 0.1) is 12.0 Å². The molecule has 152 valence electrons. The van der Waals surface area contributed by atoms with Crippen molar-refractivity contribution in [1.82, 2.24) is 9.80 Å². The van der Waals surface area contributed by atoms with Crippen LogP contribution in [0.15, 0.2) is 24.3 Å². The first kappa shape index (κ1) is 22.0. The molecule has 0 unspecified atom stereocenters. The summed E-state index contributed by atoms with van der Waals surface area (Å²) in [5, 5.41) is 0. The SMILES string of the molecule is CN(C(=O)Cc1ccc(C(F)(F)F)cc1)[C@@H]1CCCC[C@H]1N1CCCC1.Cl. The Labute approximate surface area is 165 Å². The first-order valence-corrected chi connectivity index (χ1v) is 9.52. The molecule has 1 heterocycles. The fourth-order valence-corrected chi connectivity index (χ4v) is 4.34. The van der Waals surface area contributed by atoms with E-state index in [1.807, 2.05) is 11.9 Å². The molecule has 1 aromatic carbocycles. The van der Waals surface area contributed by atoms with Gasteiger partial charge in [0.2, 0.25) is 5.91 Å². The maximum absolute atomic E-state index is 12.7. The van der Waals surface area contributed by atoms with Crippen molar-refractivity contribution in [3.05, 3.63) is 35.4 Å². The van der Waals surface area contributed by atoms with Crippen molar-refractivity contribution in [1.29, 1.82) is 0 Å². The summed E-state index contributed by atoms with van der Waals surface area (Å²) >= 11 is 0. The molecule has 27 heavy (non-hydrogen) atoms. The Morgan fingerprint density at radius 3 is 2.26 bits per heavy atom. The number of carbonyl (C=O) groups is 1. The van der Waals surface area contributed by atoms with Crippen LogP contribution in [0.4, 0.5) is 13.2 Å². The summed E-state index contributed by atoms with van der Waals surface area (Å²) in [6.45, 7) is 2.23. The molecule has 2 fully saturated rings. The van der Waals surface area contributed by atoms with E-state index < -0.39 is 11.7 Å². The summed E-state index contributed by atoms with van der Waals surface area (Å²) in [4.78, 5) is 17.1.